The number of rotatable bonds is 11. The summed E-state index contributed by atoms with van der Waals surface area (Å²) in [5, 5.41) is 2.79. The Morgan fingerprint density at radius 3 is 2.41 bits per heavy atom. The van der Waals surface area contributed by atoms with Crippen molar-refractivity contribution < 1.29 is 31.1 Å². The molecule has 0 aliphatic carbocycles. The largest absolute Gasteiger partial charge is 0.573 e. The topological polar surface area (TPSA) is 72.5 Å². The van der Waals surface area contributed by atoms with Gasteiger partial charge in [0.05, 0.1) is 10.1 Å². The normalized spacial score (nSPS) is 12.7. The van der Waals surface area contributed by atoms with Crippen molar-refractivity contribution in [1.29, 1.82) is 0 Å². The van der Waals surface area contributed by atoms with Gasteiger partial charge in [0.25, 0.3) is 0 Å². The van der Waals surface area contributed by atoms with Crippen molar-refractivity contribution in [2.75, 3.05) is 5.75 Å². The van der Waals surface area contributed by atoms with Gasteiger partial charge in [-0.3, -0.25) is 4.79 Å². The number of ether oxygens (including phenoxy) is 1. The van der Waals surface area contributed by atoms with Crippen LogP contribution < -0.4 is 10.1 Å². The first kappa shape index (κ1) is 28.7. The summed E-state index contributed by atoms with van der Waals surface area (Å²) in [7, 11) is -3.52. The third-order valence-electron chi connectivity index (χ3n) is 5.55. The Kier molecular flexibility index (Phi) is 9.44. The molecule has 5 nitrogen and oxygen atoms in total. The molecule has 198 valence electrons. The van der Waals surface area contributed by atoms with Gasteiger partial charge < -0.3 is 10.1 Å². The maximum Gasteiger partial charge on any atom is 0.573 e. The van der Waals surface area contributed by atoms with Crippen LogP contribution in [-0.2, 0) is 21.2 Å². The smallest absolute Gasteiger partial charge is 0.406 e. The Morgan fingerprint density at radius 1 is 1.11 bits per heavy atom. The van der Waals surface area contributed by atoms with E-state index in [0.717, 1.165) is 22.5 Å². The van der Waals surface area contributed by atoms with Gasteiger partial charge in [-0.15, -0.1) is 24.5 Å². The summed E-state index contributed by atoms with van der Waals surface area (Å²) in [6, 6.07) is 15.7. The molecule has 0 fully saturated rings. The molecule has 0 spiro atoms. The maximum atomic E-state index is 12.7. The molecule has 3 rings (SSSR count). The van der Waals surface area contributed by atoms with Crippen LogP contribution in [-0.4, -0.2) is 26.4 Å². The average molecular weight is 572 g/mol. The summed E-state index contributed by atoms with van der Waals surface area (Å²) in [5.41, 5.74) is 2.50. The Morgan fingerprint density at radius 2 is 1.81 bits per heavy atom. The fourth-order valence-electron chi connectivity index (χ4n) is 3.64. The van der Waals surface area contributed by atoms with E-state index in [1.807, 2.05) is 13.0 Å². The Labute approximate surface area is 222 Å². The zero-order valence-corrected chi connectivity index (χ0v) is 22.2. The predicted octanol–water partition coefficient (Wildman–Crippen LogP) is 7.03. The molecule has 11 heteroatoms. The van der Waals surface area contributed by atoms with Gasteiger partial charge in [0, 0.05) is 12.1 Å². The van der Waals surface area contributed by atoms with Crippen LogP contribution in [0.2, 0.25) is 4.34 Å². The lowest BCUT2D eigenvalue weighted by atomic mass is 9.99. The van der Waals surface area contributed by atoms with Gasteiger partial charge in [0.1, 0.15) is 9.96 Å². The lowest BCUT2D eigenvalue weighted by Gasteiger charge is -2.16. The summed E-state index contributed by atoms with van der Waals surface area (Å²) in [6.45, 7) is 5.90. The predicted molar refractivity (Wildman–Crippen MR) is 139 cm³/mol. The molecule has 1 amide bonds. The quantitative estimate of drug-likeness (QED) is 0.251. The van der Waals surface area contributed by atoms with E-state index in [1.165, 1.54) is 30.3 Å². The van der Waals surface area contributed by atoms with Gasteiger partial charge in [0.2, 0.25) is 5.91 Å². The molecule has 2 aromatic carbocycles. The third kappa shape index (κ3) is 8.62. The number of amides is 1. The van der Waals surface area contributed by atoms with E-state index in [0.29, 0.717) is 16.3 Å². The molecule has 1 unspecified atom stereocenters. The average Bonchev–Trinajstić information content (AvgIpc) is 3.29. The number of hydrogen-bond donors (Lipinski definition) is 1. The lowest BCUT2D eigenvalue weighted by Crippen LogP contribution is -2.26. The number of hydrogen-bond acceptors (Lipinski definition) is 5. The minimum atomic E-state index is -4.76. The van der Waals surface area contributed by atoms with Crippen LogP contribution in [0, 0.1) is 5.92 Å². The number of benzene rings is 2. The zero-order valence-electron chi connectivity index (χ0n) is 19.8. The molecule has 3 aromatic rings. The minimum Gasteiger partial charge on any atom is -0.406 e. The molecule has 0 radical (unpaired) electrons. The molecule has 0 aliphatic rings. The molecule has 1 N–H and O–H groups in total. The highest BCUT2D eigenvalue weighted by Gasteiger charge is 2.31. The molecule has 37 heavy (non-hydrogen) atoms. The van der Waals surface area contributed by atoms with Crippen LogP contribution in [0.4, 0.5) is 13.2 Å². The molecule has 0 saturated carbocycles. The Hall–Kier alpha value is -2.82. The molecule has 1 atom stereocenters. The molecular formula is C26H25ClF3NO4S2. The van der Waals surface area contributed by atoms with Gasteiger partial charge in [-0.05, 0) is 59.4 Å². The number of thiophene rings is 1. The van der Waals surface area contributed by atoms with Gasteiger partial charge in [-0.2, -0.15) is 0 Å². The molecule has 0 saturated heterocycles. The third-order valence-corrected chi connectivity index (χ3v) is 9.24. The highest BCUT2D eigenvalue weighted by atomic mass is 35.5. The van der Waals surface area contributed by atoms with Crippen LogP contribution in [0.15, 0.2) is 77.0 Å². The van der Waals surface area contributed by atoms with Crippen molar-refractivity contribution in [3.63, 3.8) is 0 Å². The van der Waals surface area contributed by atoms with Crippen LogP contribution in [0.25, 0.3) is 11.1 Å². The SMILES string of the molecule is C=C(CC(CC)CS(=O)(=O)c1ccc(Cl)s1)C(=O)NCc1cccc(-c2ccc(OC(F)(F)F)cc2)c1. The summed E-state index contributed by atoms with van der Waals surface area (Å²) in [5.74, 6) is -1.08. The van der Waals surface area contributed by atoms with Crippen molar-refractivity contribution in [3.05, 3.63) is 82.7 Å². The first-order valence-electron chi connectivity index (χ1n) is 11.3. The van der Waals surface area contributed by atoms with Crippen molar-refractivity contribution in [1.82, 2.24) is 5.32 Å². The fourth-order valence-corrected chi connectivity index (χ4v) is 6.95. The van der Waals surface area contributed by atoms with Crippen LogP contribution in [0.1, 0.15) is 25.3 Å². The first-order valence-corrected chi connectivity index (χ1v) is 14.1. The zero-order chi connectivity index (χ0) is 27.2. The number of alkyl halides is 3. The van der Waals surface area contributed by atoms with Gasteiger partial charge in [0.15, 0.2) is 9.84 Å². The number of carbonyl (C=O) groups excluding carboxylic acids is 1. The van der Waals surface area contributed by atoms with E-state index in [4.69, 9.17) is 11.6 Å². The van der Waals surface area contributed by atoms with Crippen molar-refractivity contribution in [3.8, 4) is 16.9 Å². The monoisotopic (exact) mass is 571 g/mol. The number of sulfone groups is 1. The maximum absolute atomic E-state index is 12.7. The molecule has 1 heterocycles. The highest BCUT2D eigenvalue weighted by Crippen LogP contribution is 2.29. The van der Waals surface area contributed by atoms with Crippen molar-refractivity contribution >= 4 is 38.7 Å². The first-order chi connectivity index (χ1) is 17.4. The molecule has 1 aromatic heterocycles. The Balaban J connectivity index is 1.57. The van der Waals surface area contributed by atoms with E-state index < -0.39 is 16.2 Å². The van der Waals surface area contributed by atoms with E-state index in [9.17, 15) is 26.4 Å². The second-order valence-corrected chi connectivity index (χ2v) is 12.4. The minimum absolute atomic E-state index is 0.110. The standard InChI is InChI=1S/C26H25ClF3NO4S2/c1-3-18(16-37(33,34)24-12-11-23(27)36-24)13-17(2)25(32)31-15-19-5-4-6-21(14-19)20-7-9-22(10-8-20)35-26(28,29)30/h4-12,14,18H,2-3,13,15-16H2,1H3,(H,31,32). The summed E-state index contributed by atoms with van der Waals surface area (Å²) in [6.07, 6.45) is -3.97. The number of nitrogens with one attached hydrogen (secondary N) is 1. The second-order valence-electron chi connectivity index (χ2n) is 8.38. The lowest BCUT2D eigenvalue weighted by molar-refractivity contribution is -0.274. The number of carbonyl (C=O) groups is 1. The van der Waals surface area contributed by atoms with Crippen molar-refractivity contribution in [2.24, 2.45) is 5.92 Å². The summed E-state index contributed by atoms with van der Waals surface area (Å²) >= 11 is 6.87. The number of halogens is 4. The summed E-state index contributed by atoms with van der Waals surface area (Å²) in [4.78, 5) is 12.6. The van der Waals surface area contributed by atoms with Crippen LogP contribution in [0.3, 0.4) is 0 Å². The highest BCUT2D eigenvalue weighted by molar-refractivity contribution is 7.93. The van der Waals surface area contributed by atoms with E-state index in [1.54, 1.807) is 24.3 Å². The summed E-state index contributed by atoms with van der Waals surface area (Å²) < 4.78 is 66.9. The van der Waals surface area contributed by atoms with E-state index in [2.05, 4.69) is 16.6 Å². The van der Waals surface area contributed by atoms with Crippen LogP contribution >= 0.6 is 22.9 Å². The van der Waals surface area contributed by atoms with Crippen molar-refractivity contribution in [2.45, 2.75) is 36.9 Å². The van der Waals surface area contributed by atoms with Gasteiger partial charge in [-0.1, -0.05) is 61.9 Å². The molecular weight excluding hydrogens is 547 g/mol. The second kappa shape index (κ2) is 12.1. The van der Waals surface area contributed by atoms with Gasteiger partial charge >= 0.3 is 6.36 Å². The molecule has 0 aliphatic heterocycles. The van der Waals surface area contributed by atoms with Crippen LogP contribution in [0.5, 0.6) is 5.75 Å². The Bertz CT molecular complexity index is 1350. The van der Waals surface area contributed by atoms with Gasteiger partial charge in [-0.25, -0.2) is 8.42 Å². The molecule has 0 bridgehead atoms. The fraction of sp³-hybridized carbons (Fsp3) is 0.269. The van der Waals surface area contributed by atoms with E-state index >= 15 is 0 Å². The van der Waals surface area contributed by atoms with E-state index in [-0.39, 0.29) is 46.1 Å².